The van der Waals surface area contributed by atoms with Gasteiger partial charge in [0.25, 0.3) is 0 Å². The van der Waals surface area contributed by atoms with Gasteiger partial charge in [0.1, 0.15) is 10.8 Å². The van der Waals surface area contributed by atoms with Crippen LogP contribution in [0.25, 0.3) is 16.6 Å². The van der Waals surface area contributed by atoms with E-state index in [0.717, 1.165) is 28.3 Å². The van der Waals surface area contributed by atoms with E-state index < -0.39 is 0 Å². The molecule has 0 spiro atoms. The average Bonchev–Trinajstić information content (AvgIpc) is 3.03. The Bertz CT molecular complexity index is 983. The lowest BCUT2D eigenvalue weighted by molar-refractivity contribution is 0.702. The molecule has 9 heteroatoms. The molecular weight excluding hydrogens is 312 g/mol. The molecule has 0 aliphatic carbocycles. The zero-order valence-electron chi connectivity index (χ0n) is 12.2. The van der Waals surface area contributed by atoms with Gasteiger partial charge in [-0.15, -0.1) is 14.8 Å². The van der Waals surface area contributed by atoms with Crippen LogP contribution in [0.1, 0.15) is 6.92 Å². The van der Waals surface area contributed by atoms with Crippen molar-refractivity contribution < 1.29 is 0 Å². The summed E-state index contributed by atoms with van der Waals surface area (Å²) in [4.78, 5) is 9.19. The second-order valence-electron chi connectivity index (χ2n) is 4.70. The molecule has 0 aliphatic heterocycles. The highest BCUT2D eigenvalue weighted by Gasteiger charge is 2.10. The summed E-state index contributed by atoms with van der Waals surface area (Å²) in [6.45, 7) is 2.83. The minimum absolute atomic E-state index is 0.599. The molecule has 4 aromatic rings. The molecule has 0 bridgehead atoms. The van der Waals surface area contributed by atoms with E-state index in [1.165, 1.54) is 16.4 Å². The Kier molecular flexibility index (Phi) is 3.46. The molecule has 0 amide bonds. The van der Waals surface area contributed by atoms with Gasteiger partial charge in [0, 0.05) is 11.9 Å². The number of aromatic nitrogens is 7. The van der Waals surface area contributed by atoms with Crippen LogP contribution in [0.15, 0.2) is 46.6 Å². The molecule has 114 valence electrons. The van der Waals surface area contributed by atoms with Crippen molar-refractivity contribution in [2.75, 3.05) is 11.9 Å². The van der Waals surface area contributed by atoms with Crippen LogP contribution in [0, 0.1) is 0 Å². The normalized spacial score (nSPS) is 11.2. The first-order valence-electron chi connectivity index (χ1n) is 7.07. The Morgan fingerprint density at radius 2 is 2.04 bits per heavy atom. The molecule has 0 aliphatic rings. The fourth-order valence-electron chi connectivity index (χ4n) is 2.18. The largest absolute Gasteiger partial charge is 0.370 e. The maximum absolute atomic E-state index is 4.59. The summed E-state index contributed by atoms with van der Waals surface area (Å²) in [5.41, 5.74) is 1.49. The molecule has 1 aromatic carbocycles. The van der Waals surface area contributed by atoms with Crippen molar-refractivity contribution >= 4 is 34.1 Å². The molecule has 0 saturated heterocycles. The van der Waals surface area contributed by atoms with Crippen LogP contribution in [-0.4, -0.2) is 41.8 Å². The fourth-order valence-corrected chi connectivity index (χ4v) is 2.91. The quantitative estimate of drug-likeness (QED) is 0.570. The Morgan fingerprint density at radius 3 is 2.96 bits per heavy atom. The molecule has 4 rings (SSSR count). The Hall–Kier alpha value is -2.81. The van der Waals surface area contributed by atoms with Crippen LogP contribution in [0.5, 0.6) is 0 Å². The third kappa shape index (κ3) is 2.66. The van der Waals surface area contributed by atoms with Crippen molar-refractivity contribution in [3.8, 4) is 0 Å². The van der Waals surface area contributed by atoms with Gasteiger partial charge in [-0.25, -0.2) is 9.97 Å². The third-order valence-electron chi connectivity index (χ3n) is 3.17. The smallest absolute Gasteiger partial charge is 0.200 e. The van der Waals surface area contributed by atoms with Crippen molar-refractivity contribution in [1.29, 1.82) is 0 Å². The highest BCUT2D eigenvalue weighted by Crippen LogP contribution is 2.27. The van der Waals surface area contributed by atoms with Crippen molar-refractivity contribution in [2.24, 2.45) is 0 Å². The lowest BCUT2D eigenvalue weighted by atomic mass is 10.2. The number of anilines is 1. The SMILES string of the molecule is CCNc1nc(Sc2ccc3nnnn3n2)nc2ccccc12. The third-order valence-corrected chi connectivity index (χ3v) is 3.96. The Balaban J connectivity index is 1.75. The molecule has 23 heavy (non-hydrogen) atoms. The summed E-state index contributed by atoms with van der Waals surface area (Å²) >= 11 is 1.37. The summed E-state index contributed by atoms with van der Waals surface area (Å²) in [7, 11) is 0. The number of nitrogens with one attached hydrogen (secondary N) is 1. The van der Waals surface area contributed by atoms with E-state index in [9.17, 15) is 0 Å². The number of hydrogen-bond donors (Lipinski definition) is 1. The zero-order chi connectivity index (χ0) is 15.6. The molecule has 0 saturated carbocycles. The first-order chi connectivity index (χ1) is 11.3. The summed E-state index contributed by atoms with van der Waals surface area (Å²) < 4.78 is 1.38. The van der Waals surface area contributed by atoms with Crippen LogP contribution in [0.3, 0.4) is 0 Å². The number of tetrazole rings is 1. The fraction of sp³-hybridized carbons (Fsp3) is 0.143. The van der Waals surface area contributed by atoms with E-state index >= 15 is 0 Å². The van der Waals surface area contributed by atoms with E-state index in [1.54, 1.807) is 0 Å². The molecule has 1 N–H and O–H groups in total. The van der Waals surface area contributed by atoms with E-state index in [0.29, 0.717) is 10.8 Å². The molecule has 0 radical (unpaired) electrons. The van der Waals surface area contributed by atoms with Crippen molar-refractivity contribution in [2.45, 2.75) is 17.1 Å². The number of hydrogen-bond acceptors (Lipinski definition) is 8. The molecule has 3 aromatic heterocycles. The minimum Gasteiger partial charge on any atom is -0.370 e. The second-order valence-corrected chi connectivity index (χ2v) is 5.69. The molecule has 3 heterocycles. The predicted octanol–water partition coefficient (Wildman–Crippen LogP) is 2.05. The van der Waals surface area contributed by atoms with Crippen molar-refractivity contribution in [1.82, 2.24) is 35.2 Å². The van der Waals surface area contributed by atoms with Crippen LogP contribution in [0.2, 0.25) is 0 Å². The maximum Gasteiger partial charge on any atom is 0.200 e. The highest BCUT2D eigenvalue weighted by molar-refractivity contribution is 7.99. The summed E-state index contributed by atoms with van der Waals surface area (Å²) in [6, 6.07) is 11.6. The predicted molar refractivity (Wildman–Crippen MR) is 86.4 cm³/mol. The van der Waals surface area contributed by atoms with Gasteiger partial charge in [0.15, 0.2) is 10.8 Å². The van der Waals surface area contributed by atoms with Gasteiger partial charge in [-0.3, -0.25) is 0 Å². The number of nitrogens with zero attached hydrogens (tertiary/aromatic N) is 7. The summed E-state index contributed by atoms with van der Waals surface area (Å²) in [6.07, 6.45) is 0. The zero-order valence-corrected chi connectivity index (χ0v) is 13.0. The molecule has 8 nitrogen and oxygen atoms in total. The van der Waals surface area contributed by atoms with E-state index in [-0.39, 0.29) is 0 Å². The van der Waals surface area contributed by atoms with Gasteiger partial charge in [0.05, 0.1) is 5.52 Å². The number of rotatable bonds is 4. The lowest BCUT2D eigenvalue weighted by Crippen LogP contribution is -2.03. The number of fused-ring (bicyclic) bond motifs is 2. The van der Waals surface area contributed by atoms with E-state index in [1.807, 2.05) is 43.3 Å². The maximum atomic E-state index is 4.59. The second kappa shape index (κ2) is 5.76. The van der Waals surface area contributed by atoms with Gasteiger partial charge in [-0.05, 0) is 53.4 Å². The van der Waals surface area contributed by atoms with Crippen LogP contribution in [0.4, 0.5) is 5.82 Å². The standard InChI is InChI=1S/C14H12N8S/c1-2-15-13-9-5-3-4-6-10(9)16-14(17-13)23-12-8-7-11-18-20-21-22(11)19-12/h3-8H,2H2,1H3,(H,15,16,17). The minimum atomic E-state index is 0.599. The molecule has 0 unspecified atom stereocenters. The first-order valence-corrected chi connectivity index (χ1v) is 7.89. The topological polar surface area (TPSA) is 93.8 Å². The van der Waals surface area contributed by atoms with Gasteiger partial charge in [-0.1, -0.05) is 12.1 Å². The van der Waals surface area contributed by atoms with Crippen LogP contribution >= 0.6 is 11.8 Å². The van der Waals surface area contributed by atoms with Gasteiger partial charge in [0.2, 0.25) is 0 Å². The van der Waals surface area contributed by atoms with Crippen molar-refractivity contribution in [3.05, 3.63) is 36.4 Å². The highest BCUT2D eigenvalue weighted by atomic mass is 32.2. The van der Waals surface area contributed by atoms with Gasteiger partial charge < -0.3 is 5.32 Å². The Labute approximate surface area is 135 Å². The summed E-state index contributed by atoms with van der Waals surface area (Å²) in [5, 5.41) is 21.2. The number of para-hydroxylation sites is 1. The van der Waals surface area contributed by atoms with E-state index in [4.69, 9.17) is 0 Å². The van der Waals surface area contributed by atoms with Gasteiger partial charge in [-0.2, -0.15) is 0 Å². The Morgan fingerprint density at radius 1 is 1.13 bits per heavy atom. The van der Waals surface area contributed by atoms with Crippen LogP contribution in [-0.2, 0) is 0 Å². The monoisotopic (exact) mass is 324 g/mol. The first kappa shape index (κ1) is 13.8. The molecule has 0 fully saturated rings. The lowest BCUT2D eigenvalue weighted by Gasteiger charge is -2.08. The van der Waals surface area contributed by atoms with Crippen molar-refractivity contribution in [3.63, 3.8) is 0 Å². The summed E-state index contributed by atoms with van der Waals surface area (Å²) in [5.74, 6) is 0.823. The number of benzene rings is 1. The molecular formula is C14H12N8S. The van der Waals surface area contributed by atoms with Gasteiger partial charge >= 0.3 is 0 Å². The molecule has 0 atom stereocenters. The van der Waals surface area contributed by atoms with Crippen LogP contribution < -0.4 is 5.32 Å². The average molecular weight is 324 g/mol. The van der Waals surface area contributed by atoms with E-state index in [2.05, 4.69) is 35.9 Å².